The summed E-state index contributed by atoms with van der Waals surface area (Å²) in [4.78, 5) is 6.75. The SMILES string of the molecule is CN(Cc1ccccc1Cl)C(=NC1CCCCC1)NN. The fourth-order valence-electron chi connectivity index (χ4n) is 2.59. The molecule has 1 aliphatic rings. The second kappa shape index (κ2) is 7.50. The lowest BCUT2D eigenvalue weighted by molar-refractivity contribution is 0.423. The molecule has 0 atom stereocenters. The number of benzene rings is 1. The Morgan fingerprint density at radius 1 is 1.35 bits per heavy atom. The molecule has 2 rings (SSSR count). The van der Waals surface area contributed by atoms with Gasteiger partial charge in [-0.3, -0.25) is 5.43 Å². The molecule has 1 aromatic carbocycles. The topological polar surface area (TPSA) is 53.6 Å². The van der Waals surface area contributed by atoms with Crippen LogP contribution in [0.15, 0.2) is 29.3 Å². The van der Waals surface area contributed by atoms with Crippen molar-refractivity contribution >= 4 is 17.6 Å². The van der Waals surface area contributed by atoms with Crippen LogP contribution in [0, 0.1) is 0 Å². The number of hydrazine groups is 1. The first kappa shape index (κ1) is 15.1. The maximum Gasteiger partial charge on any atom is 0.208 e. The predicted molar refractivity (Wildman–Crippen MR) is 84.6 cm³/mol. The van der Waals surface area contributed by atoms with Crippen LogP contribution in [0.3, 0.4) is 0 Å². The van der Waals surface area contributed by atoms with E-state index >= 15 is 0 Å². The molecule has 1 saturated carbocycles. The summed E-state index contributed by atoms with van der Waals surface area (Å²) in [6.07, 6.45) is 6.17. The van der Waals surface area contributed by atoms with Gasteiger partial charge < -0.3 is 4.90 Å². The van der Waals surface area contributed by atoms with Gasteiger partial charge in [-0.15, -0.1) is 0 Å². The summed E-state index contributed by atoms with van der Waals surface area (Å²) in [5.74, 6) is 6.36. The lowest BCUT2D eigenvalue weighted by atomic mass is 9.96. The van der Waals surface area contributed by atoms with E-state index in [0.29, 0.717) is 12.6 Å². The highest BCUT2D eigenvalue weighted by molar-refractivity contribution is 6.31. The third kappa shape index (κ3) is 4.12. The average molecular weight is 295 g/mol. The molecule has 1 aliphatic carbocycles. The standard InChI is InChI=1S/C15H23ClN4/c1-20(11-12-7-5-6-10-14(12)16)15(19-17)18-13-8-3-2-4-9-13/h5-7,10,13H,2-4,8-9,11,17H2,1H3,(H,18,19). The zero-order chi connectivity index (χ0) is 14.4. The Balaban J connectivity index is 2.03. The van der Waals surface area contributed by atoms with Gasteiger partial charge in [0.15, 0.2) is 0 Å². The molecule has 0 saturated heterocycles. The van der Waals surface area contributed by atoms with Crippen LogP contribution in [0.1, 0.15) is 37.7 Å². The molecule has 5 heteroatoms. The molecule has 4 nitrogen and oxygen atoms in total. The molecule has 1 aromatic rings. The third-order valence-electron chi connectivity index (χ3n) is 3.74. The van der Waals surface area contributed by atoms with Crippen molar-refractivity contribution in [3.8, 4) is 0 Å². The van der Waals surface area contributed by atoms with Gasteiger partial charge in [0.25, 0.3) is 0 Å². The van der Waals surface area contributed by atoms with E-state index in [4.69, 9.17) is 22.4 Å². The summed E-state index contributed by atoms with van der Waals surface area (Å²) in [6, 6.07) is 8.24. The van der Waals surface area contributed by atoms with Crippen LogP contribution in [-0.2, 0) is 6.54 Å². The Morgan fingerprint density at radius 2 is 2.05 bits per heavy atom. The molecule has 110 valence electrons. The molecule has 0 bridgehead atoms. The van der Waals surface area contributed by atoms with Crippen molar-refractivity contribution < 1.29 is 0 Å². The van der Waals surface area contributed by atoms with E-state index < -0.39 is 0 Å². The van der Waals surface area contributed by atoms with E-state index in [2.05, 4.69) is 5.43 Å². The van der Waals surface area contributed by atoms with Gasteiger partial charge >= 0.3 is 0 Å². The molecule has 0 radical (unpaired) electrons. The molecule has 3 N–H and O–H groups in total. The van der Waals surface area contributed by atoms with Gasteiger partial charge in [0.05, 0.1) is 6.04 Å². The van der Waals surface area contributed by atoms with Gasteiger partial charge in [-0.1, -0.05) is 49.1 Å². The molecule has 0 heterocycles. The van der Waals surface area contributed by atoms with Crippen molar-refractivity contribution in [1.29, 1.82) is 0 Å². The van der Waals surface area contributed by atoms with Gasteiger partial charge in [0, 0.05) is 18.6 Å². The second-order valence-corrected chi connectivity index (χ2v) is 5.74. The van der Waals surface area contributed by atoms with E-state index in [-0.39, 0.29) is 0 Å². The lowest BCUT2D eigenvalue weighted by Gasteiger charge is -2.25. The van der Waals surface area contributed by atoms with Crippen molar-refractivity contribution in [3.63, 3.8) is 0 Å². The second-order valence-electron chi connectivity index (χ2n) is 5.34. The zero-order valence-corrected chi connectivity index (χ0v) is 12.7. The molecule has 1 fully saturated rings. The average Bonchev–Trinajstić information content (AvgIpc) is 2.48. The van der Waals surface area contributed by atoms with Crippen LogP contribution in [0.5, 0.6) is 0 Å². The van der Waals surface area contributed by atoms with Crippen LogP contribution in [0.4, 0.5) is 0 Å². The lowest BCUT2D eigenvalue weighted by Crippen LogP contribution is -2.43. The highest BCUT2D eigenvalue weighted by Gasteiger charge is 2.15. The molecule has 20 heavy (non-hydrogen) atoms. The van der Waals surface area contributed by atoms with Crippen molar-refractivity contribution in [1.82, 2.24) is 10.3 Å². The summed E-state index contributed by atoms with van der Waals surface area (Å²) in [5, 5.41) is 0.772. The predicted octanol–water partition coefficient (Wildman–Crippen LogP) is 2.92. The molecule has 0 aromatic heterocycles. The number of nitrogens with one attached hydrogen (secondary N) is 1. The fraction of sp³-hybridized carbons (Fsp3) is 0.533. The summed E-state index contributed by atoms with van der Waals surface area (Å²) in [6.45, 7) is 0.690. The fourth-order valence-corrected chi connectivity index (χ4v) is 2.78. The van der Waals surface area contributed by atoms with E-state index in [1.54, 1.807) is 0 Å². The van der Waals surface area contributed by atoms with Crippen LogP contribution < -0.4 is 11.3 Å². The van der Waals surface area contributed by atoms with Crippen molar-refractivity contribution in [2.45, 2.75) is 44.7 Å². The van der Waals surface area contributed by atoms with E-state index in [9.17, 15) is 0 Å². The third-order valence-corrected chi connectivity index (χ3v) is 4.10. The maximum atomic E-state index is 6.19. The minimum atomic E-state index is 0.392. The van der Waals surface area contributed by atoms with Crippen LogP contribution in [0.2, 0.25) is 5.02 Å². The van der Waals surface area contributed by atoms with Crippen LogP contribution in [0.25, 0.3) is 0 Å². The Kier molecular flexibility index (Phi) is 5.68. The number of halogens is 1. The molecule has 0 unspecified atom stereocenters. The molecule has 0 amide bonds. The van der Waals surface area contributed by atoms with Crippen LogP contribution >= 0.6 is 11.6 Å². The summed E-state index contributed by atoms with van der Waals surface area (Å²) in [7, 11) is 1.98. The molecule has 0 aliphatic heterocycles. The molecular formula is C15H23ClN4. The molecular weight excluding hydrogens is 272 g/mol. The van der Waals surface area contributed by atoms with Gasteiger partial charge in [0.2, 0.25) is 5.96 Å². The maximum absolute atomic E-state index is 6.19. The summed E-state index contributed by atoms with van der Waals surface area (Å²) >= 11 is 6.19. The Bertz CT molecular complexity index is 455. The van der Waals surface area contributed by atoms with Gasteiger partial charge in [-0.05, 0) is 24.5 Å². The smallest absolute Gasteiger partial charge is 0.208 e. The van der Waals surface area contributed by atoms with E-state index in [1.807, 2.05) is 36.2 Å². The highest BCUT2D eigenvalue weighted by atomic mass is 35.5. The highest BCUT2D eigenvalue weighted by Crippen LogP contribution is 2.21. The number of rotatable bonds is 3. The summed E-state index contributed by atoms with van der Waals surface area (Å²) < 4.78 is 0. The Morgan fingerprint density at radius 3 is 2.70 bits per heavy atom. The van der Waals surface area contributed by atoms with E-state index in [0.717, 1.165) is 29.4 Å². The largest absolute Gasteiger partial charge is 0.341 e. The first-order valence-electron chi connectivity index (χ1n) is 7.19. The number of nitrogens with two attached hydrogens (primary N) is 1. The Labute approximate surface area is 126 Å². The number of nitrogens with zero attached hydrogens (tertiary/aromatic N) is 2. The number of aliphatic imine (C=N–C) groups is 1. The van der Waals surface area contributed by atoms with Gasteiger partial charge in [-0.2, -0.15) is 0 Å². The minimum absolute atomic E-state index is 0.392. The quantitative estimate of drug-likeness (QED) is 0.390. The summed E-state index contributed by atoms with van der Waals surface area (Å²) in [5.41, 5.74) is 3.79. The Hall–Kier alpha value is -1.26. The van der Waals surface area contributed by atoms with Gasteiger partial charge in [0.1, 0.15) is 0 Å². The van der Waals surface area contributed by atoms with Crippen molar-refractivity contribution in [2.24, 2.45) is 10.8 Å². The number of hydrogen-bond acceptors (Lipinski definition) is 2. The molecule has 0 spiro atoms. The number of guanidine groups is 1. The first-order valence-corrected chi connectivity index (χ1v) is 7.57. The zero-order valence-electron chi connectivity index (χ0n) is 12.0. The van der Waals surface area contributed by atoms with Crippen molar-refractivity contribution in [3.05, 3.63) is 34.9 Å². The van der Waals surface area contributed by atoms with Crippen LogP contribution in [-0.4, -0.2) is 23.9 Å². The minimum Gasteiger partial charge on any atom is -0.341 e. The monoisotopic (exact) mass is 294 g/mol. The first-order chi connectivity index (χ1) is 9.70. The van der Waals surface area contributed by atoms with E-state index in [1.165, 1.54) is 19.3 Å². The normalized spacial score (nSPS) is 17.1. The van der Waals surface area contributed by atoms with Crippen molar-refractivity contribution in [2.75, 3.05) is 7.05 Å². The van der Waals surface area contributed by atoms with Gasteiger partial charge in [-0.25, -0.2) is 10.8 Å². The number of hydrogen-bond donors (Lipinski definition) is 2.